The van der Waals surface area contributed by atoms with Crippen molar-refractivity contribution in [2.45, 2.75) is 0 Å². The van der Waals surface area contributed by atoms with Crippen LogP contribution in [-0.4, -0.2) is 0 Å². The summed E-state index contributed by atoms with van der Waals surface area (Å²) in [6.45, 7) is 0. The minimum atomic E-state index is 1.10. The molecule has 0 heterocycles. The highest BCUT2D eigenvalue weighted by Crippen LogP contribution is 2.44. The molecule has 0 N–H and O–H groups in total. The van der Waals surface area contributed by atoms with E-state index in [9.17, 15) is 0 Å². The van der Waals surface area contributed by atoms with Gasteiger partial charge in [-0.1, -0.05) is 214 Å². The van der Waals surface area contributed by atoms with E-state index in [0.717, 1.165) is 8.95 Å². The van der Waals surface area contributed by atoms with Gasteiger partial charge >= 0.3 is 0 Å². The van der Waals surface area contributed by atoms with Crippen LogP contribution in [0.15, 0.2) is 215 Å². The van der Waals surface area contributed by atoms with E-state index in [0.29, 0.717) is 0 Å². The number of benzene rings is 12. The predicted octanol–water partition coefficient (Wildman–Crippen LogP) is 17.4. The van der Waals surface area contributed by atoms with Crippen LogP contribution in [0.1, 0.15) is 0 Å². The van der Waals surface area contributed by atoms with Gasteiger partial charge in [0, 0.05) is 8.95 Å². The maximum Gasteiger partial charge on any atom is 0.0175 e. The Morgan fingerprint density at radius 2 is 0.448 bits per heavy atom. The highest BCUT2D eigenvalue weighted by atomic mass is 79.9. The Morgan fingerprint density at radius 1 is 0.207 bits per heavy atom. The normalized spacial score (nSPS) is 11.6. The van der Waals surface area contributed by atoms with Gasteiger partial charge in [0.15, 0.2) is 0 Å². The van der Waals surface area contributed by atoms with Crippen LogP contribution in [0.2, 0.25) is 0 Å². The molecule has 58 heavy (non-hydrogen) atoms. The van der Waals surface area contributed by atoms with E-state index in [1.807, 2.05) is 0 Å². The molecule has 0 nitrogen and oxygen atoms in total. The van der Waals surface area contributed by atoms with E-state index in [2.05, 4.69) is 238 Å². The Balaban J connectivity index is 0.000000133. The highest BCUT2D eigenvalue weighted by Gasteiger charge is 2.16. The molecule has 0 saturated heterocycles. The summed E-state index contributed by atoms with van der Waals surface area (Å²) in [6.07, 6.45) is 0. The Labute approximate surface area is 354 Å². The molecule has 0 spiro atoms. The first kappa shape index (κ1) is 34.9. The van der Waals surface area contributed by atoms with Crippen LogP contribution in [0.3, 0.4) is 0 Å². The zero-order valence-corrected chi connectivity index (χ0v) is 34.6. The van der Waals surface area contributed by atoms with Gasteiger partial charge in [0.25, 0.3) is 0 Å². The number of hydrogen-bond donors (Lipinski definition) is 0. The summed E-state index contributed by atoms with van der Waals surface area (Å²) >= 11 is 7.10. The average Bonchev–Trinajstić information content (AvgIpc) is 3.28. The van der Waals surface area contributed by atoms with Gasteiger partial charge in [0.05, 0.1) is 0 Å². The second-order valence-corrected chi connectivity index (χ2v) is 16.9. The molecule has 0 aromatic heterocycles. The monoisotopic (exact) mass is 864 g/mol. The van der Waals surface area contributed by atoms with Gasteiger partial charge in [-0.3, -0.25) is 0 Å². The summed E-state index contributed by atoms with van der Waals surface area (Å²) in [5, 5.41) is 15.9. The quantitative estimate of drug-likeness (QED) is 0.155. The third kappa shape index (κ3) is 5.86. The fourth-order valence-electron chi connectivity index (χ4n) is 9.10. The van der Waals surface area contributed by atoms with Crippen LogP contribution in [0, 0.1) is 0 Å². The molecule has 0 radical (unpaired) electrons. The molecule has 272 valence electrons. The van der Waals surface area contributed by atoms with Gasteiger partial charge in [-0.25, -0.2) is 0 Å². The first-order valence-corrected chi connectivity index (χ1v) is 21.2. The van der Waals surface area contributed by atoms with Gasteiger partial charge in [0.1, 0.15) is 0 Å². The Kier molecular flexibility index (Phi) is 8.57. The van der Waals surface area contributed by atoms with E-state index in [1.54, 1.807) is 0 Å². The Hall–Kier alpha value is -6.32. The first-order valence-electron chi connectivity index (χ1n) is 19.6. The maximum absolute atomic E-state index is 3.55. The van der Waals surface area contributed by atoms with Gasteiger partial charge < -0.3 is 0 Å². The fraction of sp³-hybridized carbons (Fsp3) is 0. The van der Waals surface area contributed by atoms with Crippen LogP contribution in [0.4, 0.5) is 0 Å². The molecule has 0 amide bonds. The molecule has 0 aliphatic carbocycles. The number of rotatable bonds is 4. The van der Waals surface area contributed by atoms with E-state index in [4.69, 9.17) is 0 Å². The molecule has 0 bridgehead atoms. The van der Waals surface area contributed by atoms with Crippen molar-refractivity contribution in [3.8, 4) is 44.5 Å². The van der Waals surface area contributed by atoms with E-state index >= 15 is 0 Å². The third-order valence-electron chi connectivity index (χ3n) is 11.8. The molecule has 0 aliphatic heterocycles. The molecule has 0 fully saturated rings. The zero-order chi connectivity index (χ0) is 38.7. The lowest BCUT2D eigenvalue weighted by Crippen LogP contribution is -1.89. The smallest absolute Gasteiger partial charge is 0.0175 e. The molecular weight excluding hydrogens is 832 g/mol. The van der Waals surface area contributed by atoms with Gasteiger partial charge in [-0.2, -0.15) is 0 Å². The van der Waals surface area contributed by atoms with Crippen LogP contribution in [0.25, 0.3) is 109 Å². The number of halogens is 2. The van der Waals surface area contributed by atoms with Crippen molar-refractivity contribution in [1.29, 1.82) is 0 Å². The van der Waals surface area contributed by atoms with Crippen molar-refractivity contribution in [1.82, 2.24) is 0 Å². The van der Waals surface area contributed by atoms with Crippen molar-refractivity contribution in [3.05, 3.63) is 215 Å². The lowest BCUT2D eigenvalue weighted by atomic mass is 9.87. The summed E-state index contributed by atoms with van der Waals surface area (Å²) in [5.41, 5.74) is 10.2. The first-order chi connectivity index (χ1) is 28.6. The standard InChI is InChI=1S/2C28H17Br/c2*29-22-12-6-19(7-13-22)24-15-9-21-10-16-25-23(18-4-2-1-3-5-18)14-8-20-11-17-26(24)28(21)27(20)25/h2*1-17H. The summed E-state index contributed by atoms with van der Waals surface area (Å²) in [6, 6.07) is 74.8. The Bertz CT molecular complexity index is 3190. The molecule has 0 saturated carbocycles. The van der Waals surface area contributed by atoms with Crippen LogP contribution >= 0.6 is 31.9 Å². The van der Waals surface area contributed by atoms with Crippen molar-refractivity contribution >= 4 is 96.5 Å². The molecule has 0 unspecified atom stereocenters. The highest BCUT2D eigenvalue weighted by molar-refractivity contribution is 9.10. The lowest BCUT2D eigenvalue weighted by molar-refractivity contribution is 1.62. The van der Waals surface area contributed by atoms with Crippen LogP contribution in [-0.2, 0) is 0 Å². The van der Waals surface area contributed by atoms with Gasteiger partial charge in [-0.15, -0.1) is 0 Å². The third-order valence-corrected chi connectivity index (χ3v) is 12.9. The second kappa shape index (κ2) is 14.3. The minimum Gasteiger partial charge on any atom is -0.0622 e. The predicted molar refractivity (Wildman–Crippen MR) is 257 cm³/mol. The van der Waals surface area contributed by atoms with Crippen LogP contribution in [0.5, 0.6) is 0 Å². The minimum absolute atomic E-state index is 1.10. The summed E-state index contributed by atoms with van der Waals surface area (Å²) in [7, 11) is 0. The van der Waals surface area contributed by atoms with Crippen molar-refractivity contribution in [3.63, 3.8) is 0 Å². The molecule has 12 aromatic rings. The van der Waals surface area contributed by atoms with E-state index in [1.165, 1.54) is 109 Å². The summed E-state index contributed by atoms with van der Waals surface area (Å²) in [5.74, 6) is 0. The lowest BCUT2D eigenvalue weighted by Gasteiger charge is -2.16. The van der Waals surface area contributed by atoms with Gasteiger partial charge in [-0.05, 0) is 133 Å². The topological polar surface area (TPSA) is 0 Å². The largest absolute Gasteiger partial charge is 0.0622 e. The number of hydrogen-bond acceptors (Lipinski definition) is 0. The van der Waals surface area contributed by atoms with E-state index in [-0.39, 0.29) is 0 Å². The van der Waals surface area contributed by atoms with Crippen molar-refractivity contribution in [2.24, 2.45) is 0 Å². The van der Waals surface area contributed by atoms with Crippen LogP contribution < -0.4 is 0 Å². The molecular formula is C56H34Br2. The fourth-order valence-corrected chi connectivity index (χ4v) is 9.63. The molecule has 12 rings (SSSR count). The average molecular weight is 867 g/mol. The van der Waals surface area contributed by atoms with E-state index < -0.39 is 0 Å². The van der Waals surface area contributed by atoms with Crippen molar-refractivity contribution < 1.29 is 0 Å². The SMILES string of the molecule is Brc1ccc(-c2ccc3ccc4c(-c5ccccc5)ccc5ccc2c3c54)cc1.Brc1ccc(-c2ccc3ccc4c(-c5ccccc5)ccc5ccc2c3c54)cc1. The molecule has 12 aromatic carbocycles. The molecule has 0 atom stereocenters. The maximum atomic E-state index is 3.55. The summed E-state index contributed by atoms with van der Waals surface area (Å²) in [4.78, 5) is 0. The molecule has 2 heteroatoms. The van der Waals surface area contributed by atoms with Gasteiger partial charge in [0.2, 0.25) is 0 Å². The van der Waals surface area contributed by atoms with Crippen molar-refractivity contribution in [2.75, 3.05) is 0 Å². The Morgan fingerprint density at radius 3 is 0.724 bits per heavy atom. The summed E-state index contributed by atoms with van der Waals surface area (Å²) < 4.78 is 2.21. The molecule has 0 aliphatic rings. The second-order valence-electron chi connectivity index (χ2n) is 15.0. The zero-order valence-electron chi connectivity index (χ0n) is 31.4.